The van der Waals surface area contributed by atoms with Crippen LogP contribution in [0.4, 0.5) is 5.69 Å². The van der Waals surface area contributed by atoms with Crippen LogP contribution in [0.3, 0.4) is 0 Å². The van der Waals surface area contributed by atoms with Crippen LogP contribution >= 0.6 is 0 Å². The summed E-state index contributed by atoms with van der Waals surface area (Å²) in [6.07, 6.45) is 1.69. The molecule has 0 radical (unpaired) electrons. The summed E-state index contributed by atoms with van der Waals surface area (Å²) in [5.41, 5.74) is 5.45. The van der Waals surface area contributed by atoms with E-state index in [9.17, 15) is 14.4 Å². The fraction of sp³-hybridized carbons (Fsp3) is 0.194. The van der Waals surface area contributed by atoms with E-state index in [-0.39, 0.29) is 11.4 Å². The molecule has 1 saturated heterocycles. The van der Waals surface area contributed by atoms with E-state index in [1.807, 2.05) is 29.2 Å². The van der Waals surface area contributed by atoms with Crippen molar-refractivity contribution in [3.8, 4) is 28.1 Å². The first-order chi connectivity index (χ1) is 20.0. The number of nitrogens with zero attached hydrogens (tertiary/aromatic N) is 5. The third-order valence-corrected chi connectivity index (χ3v) is 7.83. The van der Waals surface area contributed by atoms with Crippen LogP contribution in [-0.4, -0.2) is 57.8 Å². The van der Waals surface area contributed by atoms with E-state index in [0.29, 0.717) is 24.4 Å². The van der Waals surface area contributed by atoms with Crippen molar-refractivity contribution in [3.63, 3.8) is 0 Å². The molecule has 1 aliphatic rings. The van der Waals surface area contributed by atoms with E-state index in [4.69, 9.17) is 9.72 Å². The quantitative estimate of drug-likeness (QED) is 0.318. The molecule has 4 heterocycles. The molecule has 3 aromatic heterocycles. The van der Waals surface area contributed by atoms with Crippen molar-refractivity contribution in [1.29, 1.82) is 0 Å². The van der Waals surface area contributed by atoms with Gasteiger partial charge in [-0.15, -0.1) is 0 Å². The number of piperazine rings is 1. The lowest BCUT2D eigenvalue weighted by atomic mass is 9.97. The number of anilines is 1. The van der Waals surface area contributed by atoms with Gasteiger partial charge in [0.2, 0.25) is 0 Å². The number of H-pyrrole nitrogens is 1. The van der Waals surface area contributed by atoms with E-state index < -0.39 is 10.9 Å². The zero-order valence-electron chi connectivity index (χ0n) is 22.3. The van der Waals surface area contributed by atoms with Gasteiger partial charge in [0.15, 0.2) is 11.4 Å². The van der Waals surface area contributed by atoms with Crippen molar-refractivity contribution < 1.29 is 4.74 Å². The van der Waals surface area contributed by atoms with Crippen molar-refractivity contribution >= 4 is 22.2 Å². The zero-order chi connectivity index (χ0) is 28.1. The molecule has 10 heteroatoms. The predicted octanol–water partition coefficient (Wildman–Crippen LogP) is 2.83. The largest absolute Gasteiger partial charge is 0.491 e. The molecule has 1 aliphatic heterocycles. The second kappa shape index (κ2) is 9.83. The van der Waals surface area contributed by atoms with Gasteiger partial charge in [0.1, 0.15) is 5.69 Å². The molecular formula is C31H26N6O4. The molecule has 0 unspecified atom stereocenters. The van der Waals surface area contributed by atoms with E-state index in [1.54, 1.807) is 6.20 Å². The second-order valence-corrected chi connectivity index (χ2v) is 10.2. The number of aromatic amines is 1. The summed E-state index contributed by atoms with van der Waals surface area (Å²) >= 11 is 0. The minimum atomic E-state index is -0.536. The zero-order valence-corrected chi connectivity index (χ0v) is 22.3. The third kappa shape index (κ3) is 4.20. The maximum Gasteiger partial charge on any atom is 0.347 e. The Bertz CT molecular complexity index is 2030. The number of hydrogen-bond acceptors (Lipinski definition) is 8. The van der Waals surface area contributed by atoms with Gasteiger partial charge in [-0.1, -0.05) is 54.6 Å². The Labute approximate surface area is 233 Å². The standard InChI is InChI=1S/C31H26N6O4/c1-41-29-26(27(38)28(29)39)36-15-13-35(14-16-36)18-19-7-9-21(10-8-19)25-22(20-5-3-2-4-6-20)17-23-24(32-25)11-12-37-30(23)33-34-31(37)40/h2-12,17H,13-16,18H2,1H3,(H,34,40). The van der Waals surface area contributed by atoms with Gasteiger partial charge in [-0.05, 0) is 23.3 Å². The van der Waals surface area contributed by atoms with Crippen LogP contribution in [-0.2, 0) is 6.54 Å². The van der Waals surface area contributed by atoms with E-state index in [2.05, 4.69) is 57.6 Å². The summed E-state index contributed by atoms with van der Waals surface area (Å²) in [6.45, 7) is 3.66. The van der Waals surface area contributed by atoms with E-state index in [0.717, 1.165) is 52.9 Å². The summed E-state index contributed by atoms with van der Waals surface area (Å²) in [4.78, 5) is 45.2. The fourth-order valence-electron chi connectivity index (χ4n) is 5.66. The first kappa shape index (κ1) is 24.9. The highest BCUT2D eigenvalue weighted by atomic mass is 16.5. The van der Waals surface area contributed by atoms with Gasteiger partial charge < -0.3 is 9.64 Å². The van der Waals surface area contributed by atoms with Crippen LogP contribution in [0, 0.1) is 0 Å². The Morgan fingerprint density at radius 3 is 2.37 bits per heavy atom. The molecule has 41 heavy (non-hydrogen) atoms. The SMILES string of the molecule is COc1c(N2CCN(Cc3ccc(-c4nc5ccn6c(=O)[nH]nc6c5cc4-c4ccccc4)cc3)CC2)c(=O)c1=O. The van der Waals surface area contributed by atoms with Crippen molar-refractivity contribution in [3.05, 3.63) is 109 Å². The molecule has 6 aromatic rings. The monoisotopic (exact) mass is 546 g/mol. The first-order valence-corrected chi connectivity index (χ1v) is 13.4. The van der Waals surface area contributed by atoms with Crippen molar-refractivity contribution in [2.24, 2.45) is 0 Å². The topological polar surface area (TPSA) is 113 Å². The number of nitrogens with one attached hydrogen (secondary N) is 1. The summed E-state index contributed by atoms with van der Waals surface area (Å²) < 4.78 is 6.61. The summed E-state index contributed by atoms with van der Waals surface area (Å²) in [5.74, 6) is 0.180. The molecule has 0 aliphatic carbocycles. The number of pyridine rings is 2. The van der Waals surface area contributed by atoms with Crippen molar-refractivity contribution in [2.45, 2.75) is 6.54 Å². The highest BCUT2D eigenvalue weighted by molar-refractivity contribution is 5.98. The van der Waals surface area contributed by atoms with Crippen LogP contribution in [0.15, 0.2) is 87.3 Å². The molecule has 10 nitrogen and oxygen atoms in total. The van der Waals surface area contributed by atoms with Gasteiger partial charge in [-0.25, -0.2) is 19.3 Å². The van der Waals surface area contributed by atoms with Crippen molar-refractivity contribution in [1.82, 2.24) is 24.5 Å². The van der Waals surface area contributed by atoms with Crippen LogP contribution in [0.5, 0.6) is 5.75 Å². The van der Waals surface area contributed by atoms with Crippen molar-refractivity contribution in [2.75, 3.05) is 38.2 Å². The third-order valence-electron chi connectivity index (χ3n) is 7.83. The molecule has 1 N–H and O–H groups in total. The molecule has 3 aromatic carbocycles. The lowest BCUT2D eigenvalue weighted by molar-refractivity contribution is 0.248. The first-order valence-electron chi connectivity index (χ1n) is 13.4. The molecule has 0 saturated carbocycles. The average Bonchev–Trinajstić information content (AvgIpc) is 3.41. The normalized spacial score (nSPS) is 14.3. The Morgan fingerprint density at radius 2 is 1.63 bits per heavy atom. The number of benzene rings is 2. The van der Waals surface area contributed by atoms with Crippen LogP contribution in [0.2, 0.25) is 0 Å². The van der Waals surface area contributed by atoms with E-state index in [1.165, 1.54) is 17.1 Å². The Balaban J connectivity index is 1.15. The highest BCUT2D eigenvalue weighted by Crippen LogP contribution is 2.34. The number of methoxy groups -OCH3 is 1. The molecule has 7 rings (SSSR count). The molecule has 0 amide bonds. The van der Waals surface area contributed by atoms with Gasteiger partial charge in [-0.3, -0.25) is 14.5 Å². The number of hydrogen-bond donors (Lipinski definition) is 1. The lowest BCUT2D eigenvalue weighted by Gasteiger charge is -2.36. The number of ether oxygens (including phenoxy) is 1. The van der Waals surface area contributed by atoms with Gasteiger partial charge in [0.25, 0.3) is 10.9 Å². The van der Waals surface area contributed by atoms with Gasteiger partial charge in [0, 0.05) is 55.4 Å². The number of fused-ring (bicyclic) bond motifs is 3. The van der Waals surface area contributed by atoms with Crippen LogP contribution < -0.4 is 26.2 Å². The van der Waals surface area contributed by atoms with Crippen LogP contribution in [0.25, 0.3) is 38.9 Å². The number of aromatic nitrogens is 4. The van der Waals surface area contributed by atoms with E-state index >= 15 is 0 Å². The minimum Gasteiger partial charge on any atom is -0.491 e. The summed E-state index contributed by atoms with van der Waals surface area (Å²) in [7, 11) is 1.43. The molecule has 0 bridgehead atoms. The Kier molecular flexibility index (Phi) is 5.97. The Hall–Kier alpha value is -5.09. The maximum absolute atomic E-state index is 12.1. The predicted molar refractivity (Wildman–Crippen MR) is 157 cm³/mol. The van der Waals surface area contributed by atoms with Gasteiger partial charge >= 0.3 is 5.69 Å². The number of rotatable bonds is 6. The Morgan fingerprint density at radius 1 is 0.878 bits per heavy atom. The minimum absolute atomic E-state index is 0.180. The average molecular weight is 547 g/mol. The van der Waals surface area contributed by atoms with Gasteiger partial charge in [-0.2, -0.15) is 5.10 Å². The summed E-state index contributed by atoms with van der Waals surface area (Å²) in [5, 5.41) is 7.55. The highest BCUT2D eigenvalue weighted by Gasteiger charge is 2.29. The van der Waals surface area contributed by atoms with Crippen LogP contribution in [0.1, 0.15) is 5.56 Å². The lowest BCUT2D eigenvalue weighted by Crippen LogP contribution is -2.50. The fourth-order valence-corrected chi connectivity index (χ4v) is 5.66. The smallest absolute Gasteiger partial charge is 0.347 e. The molecule has 0 atom stereocenters. The molecule has 0 spiro atoms. The molecule has 1 fully saturated rings. The van der Waals surface area contributed by atoms with Gasteiger partial charge in [0.05, 0.1) is 18.3 Å². The molecule has 204 valence electrons. The second-order valence-electron chi connectivity index (χ2n) is 10.2. The molecular weight excluding hydrogens is 520 g/mol. The summed E-state index contributed by atoms with van der Waals surface area (Å²) in [6, 6.07) is 22.4. The maximum atomic E-state index is 12.1.